The summed E-state index contributed by atoms with van der Waals surface area (Å²) in [5.41, 5.74) is 1.02. The van der Waals surface area contributed by atoms with Gasteiger partial charge in [-0.1, -0.05) is 24.9 Å². The largest absolute Gasteiger partial charge is 0.493 e. The third kappa shape index (κ3) is 4.71. The zero-order chi connectivity index (χ0) is 14.4. The number of hydrogen-bond acceptors (Lipinski definition) is 3. The molecule has 0 aromatic heterocycles. The maximum absolute atomic E-state index is 10.1. The summed E-state index contributed by atoms with van der Waals surface area (Å²) >= 11 is 6.09. The number of rotatable bonds is 7. The fourth-order valence-electron chi connectivity index (χ4n) is 2.76. The van der Waals surface area contributed by atoms with Crippen LogP contribution in [-0.2, 0) is 16.0 Å². The van der Waals surface area contributed by atoms with Gasteiger partial charge in [0.2, 0.25) is 0 Å². The van der Waals surface area contributed by atoms with E-state index in [1.807, 2.05) is 18.2 Å². The summed E-state index contributed by atoms with van der Waals surface area (Å²) in [4.78, 5) is 10.1. The Labute approximate surface area is 125 Å². The van der Waals surface area contributed by atoms with Crippen molar-refractivity contribution in [1.82, 2.24) is 0 Å². The summed E-state index contributed by atoms with van der Waals surface area (Å²) < 4.78 is 10.6. The first-order valence-corrected chi connectivity index (χ1v) is 7.52. The lowest BCUT2D eigenvalue weighted by molar-refractivity contribution is -0.128. The molecule has 1 aliphatic rings. The fourth-order valence-corrected chi connectivity index (χ4v) is 3.01. The molecule has 1 fully saturated rings. The molecule has 2 unspecified atom stereocenters. The number of ether oxygens (including phenoxy) is 2. The molecule has 1 aliphatic carbocycles. The fraction of sp³-hybridized carbons (Fsp3) is 0.562. The first kappa shape index (κ1) is 15.2. The van der Waals surface area contributed by atoms with Crippen molar-refractivity contribution in [3.05, 3.63) is 28.8 Å². The van der Waals surface area contributed by atoms with E-state index in [4.69, 9.17) is 21.1 Å². The predicted octanol–water partition coefficient (Wildman–Crippen LogP) is 3.87. The standard InChI is InChI=1S/C16H21ClO3/c1-12-2-3-14(6-12)10-20-16-8-13(4-5-19-11-18)7-15(17)9-16/h7-9,11-12,14H,2-6,10H2,1H3. The minimum absolute atomic E-state index is 0.365. The number of benzene rings is 1. The van der Waals surface area contributed by atoms with Crippen LogP contribution in [0.1, 0.15) is 31.7 Å². The first-order valence-electron chi connectivity index (χ1n) is 7.15. The molecular formula is C16H21ClO3. The molecular weight excluding hydrogens is 276 g/mol. The van der Waals surface area contributed by atoms with Gasteiger partial charge in [-0.25, -0.2) is 0 Å². The number of carbonyl (C=O) groups excluding carboxylic acids is 1. The molecule has 2 atom stereocenters. The Kier molecular flexibility index (Phi) is 5.72. The van der Waals surface area contributed by atoms with Crippen molar-refractivity contribution in [3.63, 3.8) is 0 Å². The normalized spacial score (nSPS) is 21.7. The van der Waals surface area contributed by atoms with Crippen molar-refractivity contribution in [2.24, 2.45) is 11.8 Å². The summed E-state index contributed by atoms with van der Waals surface area (Å²) in [6, 6.07) is 5.68. The second-order valence-electron chi connectivity index (χ2n) is 5.61. The van der Waals surface area contributed by atoms with Gasteiger partial charge in [0.05, 0.1) is 13.2 Å². The van der Waals surface area contributed by atoms with Crippen molar-refractivity contribution < 1.29 is 14.3 Å². The zero-order valence-electron chi connectivity index (χ0n) is 11.8. The van der Waals surface area contributed by atoms with E-state index in [1.165, 1.54) is 19.3 Å². The van der Waals surface area contributed by atoms with Crippen LogP contribution in [0, 0.1) is 11.8 Å². The maximum Gasteiger partial charge on any atom is 0.293 e. The Morgan fingerprint density at radius 1 is 1.35 bits per heavy atom. The third-order valence-electron chi connectivity index (χ3n) is 3.80. The third-order valence-corrected chi connectivity index (χ3v) is 4.02. The van der Waals surface area contributed by atoms with Gasteiger partial charge in [0, 0.05) is 11.4 Å². The van der Waals surface area contributed by atoms with Crippen LogP contribution in [0.5, 0.6) is 5.75 Å². The van der Waals surface area contributed by atoms with Gasteiger partial charge in [0.25, 0.3) is 6.47 Å². The molecule has 0 spiro atoms. The summed E-state index contributed by atoms with van der Waals surface area (Å²) in [6.45, 7) is 3.88. The average molecular weight is 297 g/mol. The lowest BCUT2D eigenvalue weighted by atomic mass is 10.1. The van der Waals surface area contributed by atoms with Crippen molar-refractivity contribution in [2.75, 3.05) is 13.2 Å². The minimum atomic E-state index is 0.365. The van der Waals surface area contributed by atoms with Crippen molar-refractivity contribution in [3.8, 4) is 5.75 Å². The highest BCUT2D eigenvalue weighted by Gasteiger charge is 2.21. The lowest BCUT2D eigenvalue weighted by Crippen LogP contribution is -2.09. The van der Waals surface area contributed by atoms with Gasteiger partial charge in [-0.05, 0) is 48.4 Å². The second kappa shape index (κ2) is 7.53. The predicted molar refractivity (Wildman–Crippen MR) is 79.2 cm³/mol. The Balaban J connectivity index is 1.88. The van der Waals surface area contributed by atoms with Gasteiger partial charge in [0.15, 0.2) is 0 Å². The molecule has 1 aromatic carbocycles. The van der Waals surface area contributed by atoms with Crippen LogP contribution >= 0.6 is 11.6 Å². The monoisotopic (exact) mass is 296 g/mol. The summed E-state index contributed by atoms with van der Waals surface area (Å²) in [5, 5.41) is 0.656. The summed E-state index contributed by atoms with van der Waals surface area (Å²) in [5.74, 6) is 2.28. The second-order valence-corrected chi connectivity index (χ2v) is 6.04. The molecule has 1 saturated carbocycles. The topological polar surface area (TPSA) is 35.5 Å². The molecule has 0 amide bonds. The van der Waals surface area contributed by atoms with Crippen LogP contribution in [0.3, 0.4) is 0 Å². The molecule has 3 nitrogen and oxygen atoms in total. The first-order chi connectivity index (χ1) is 9.67. The van der Waals surface area contributed by atoms with Crippen molar-refractivity contribution in [1.29, 1.82) is 0 Å². The quantitative estimate of drug-likeness (QED) is 0.566. The zero-order valence-corrected chi connectivity index (χ0v) is 12.6. The van der Waals surface area contributed by atoms with E-state index in [2.05, 4.69) is 6.92 Å². The van der Waals surface area contributed by atoms with E-state index < -0.39 is 0 Å². The molecule has 110 valence electrons. The highest BCUT2D eigenvalue weighted by molar-refractivity contribution is 6.30. The van der Waals surface area contributed by atoms with E-state index in [9.17, 15) is 4.79 Å². The SMILES string of the molecule is CC1CCC(COc2cc(Cl)cc(CCOC=O)c2)C1. The summed E-state index contributed by atoms with van der Waals surface area (Å²) in [6.07, 6.45) is 4.45. The van der Waals surface area contributed by atoms with Gasteiger partial charge in [-0.3, -0.25) is 4.79 Å². The Morgan fingerprint density at radius 3 is 2.90 bits per heavy atom. The van der Waals surface area contributed by atoms with Crippen LogP contribution in [-0.4, -0.2) is 19.7 Å². The van der Waals surface area contributed by atoms with Crippen LogP contribution in [0.25, 0.3) is 0 Å². The van der Waals surface area contributed by atoms with Crippen LogP contribution < -0.4 is 4.74 Å². The van der Waals surface area contributed by atoms with Gasteiger partial charge in [-0.2, -0.15) is 0 Å². The molecule has 0 aliphatic heterocycles. The van der Waals surface area contributed by atoms with Gasteiger partial charge in [-0.15, -0.1) is 0 Å². The van der Waals surface area contributed by atoms with Crippen molar-refractivity contribution >= 4 is 18.1 Å². The highest BCUT2D eigenvalue weighted by atomic mass is 35.5. The number of hydrogen-bond donors (Lipinski definition) is 0. The molecule has 0 radical (unpaired) electrons. The van der Waals surface area contributed by atoms with E-state index >= 15 is 0 Å². The van der Waals surface area contributed by atoms with E-state index in [0.29, 0.717) is 30.4 Å². The Hall–Kier alpha value is -1.22. The van der Waals surface area contributed by atoms with Crippen LogP contribution in [0.2, 0.25) is 5.02 Å². The van der Waals surface area contributed by atoms with Gasteiger partial charge >= 0.3 is 0 Å². The molecule has 0 bridgehead atoms. The highest BCUT2D eigenvalue weighted by Crippen LogP contribution is 2.31. The number of carbonyl (C=O) groups is 1. The molecule has 2 rings (SSSR count). The molecule has 1 aromatic rings. The Bertz CT molecular complexity index is 447. The maximum atomic E-state index is 10.1. The molecule has 0 saturated heterocycles. The Morgan fingerprint density at radius 2 is 2.20 bits per heavy atom. The average Bonchev–Trinajstić information content (AvgIpc) is 2.82. The molecule has 0 heterocycles. The summed E-state index contributed by atoms with van der Waals surface area (Å²) in [7, 11) is 0. The van der Waals surface area contributed by atoms with Crippen LogP contribution in [0.4, 0.5) is 0 Å². The molecule has 0 N–H and O–H groups in total. The smallest absolute Gasteiger partial charge is 0.293 e. The van der Waals surface area contributed by atoms with E-state index in [1.54, 1.807) is 0 Å². The van der Waals surface area contributed by atoms with E-state index in [-0.39, 0.29) is 0 Å². The molecule has 4 heteroatoms. The van der Waals surface area contributed by atoms with E-state index in [0.717, 1.165) is 23.8 Å². The van der Waals surface area contributed by atoms with Gasteiger partial charge in [0.1, 0.15) is 5.75 Å². The minimum Gasteiger partial charge on any atom is -0.493 e. The van der Waals surface area contributed by atoms with Crippen molar-refractivity contribution in [2.45, 2.75) is 32.6 Å². The van der Waals surface area contributed by atoms with Crippen LogP contribution in [0.15, 0.2) is 18.2 Å². The lowest BCUT2D eigenvalue weighted by Gasteiger charge is -2.13. The van der Waals surface area contributed by atoms with Gasteiger partial charge < -0.3 is 9.47 Å². The number of halogens is 1. The molecule has 20 heavy (non-hydrogen) atoms.